The number of hydrogen-bond acceptors (Lipinski definition) is 4. The van der Waals surface area contributed by atoms with Crippen molar-refractivity contribution in [1.29, 1.82) is 0 Å². The maximum Gasteiger partial charge on any atom is 0.325 e. The lowest BCUT2D eigenvalue weighted by molar-refractivity contribution is -0.141. The van der Waals surface area contributed by atoms with Gasteiger partial charge in [-0.05, 0) is 29.2 Å². The normalized spacial score (nSPS) is 11.0. The van der Waals surface area contributed by atoms with E-state index in [0.717, 1.165) is 11.6 Å². The van der Waals surface area contributed by atoms with E-state index in [1.54, 1.807) is 12.1 Å². The fourth-order valence-corrected chi connectivity index (χ4v) is 2.32. The molecule has 0 saturated carbocycles. The summed E-state index contributed by atoms with van der Waals surface area (Å²) in [7, 11) is 0. The van der Waals surface area contributed by atoms with Gasteiger partial charge in [-0.25, -0.2) is 4.39 Å². The number of Topliss-reactive ketones (excluding diaryl/α,β-unsaturated/α-hetero) is 1. The van der Waals surface area contributed by atoms with Gasteiger partial charge in [-0.2, -0.15) is 0 Å². The van der Waals surface area contributed by atoms with Crippen molar-refractivity contribution < 1.29 is 23.5 Å². The number of hydrogen-bond donors (Lipinski definition) is 1. The Morgan fingerprint density at radius 1 is 1.00 bits per heavy atom. The van der Waals surface area contributed by atoms with E-state index in [9.17, 15) is 18.8 Å². The van der Waals surface area contributed by atoms with Crippen molar-refractivity contribution in [2.75, 3.05) is 13.2 Å². The van der Waals surface area contributed by atoms with E-state index in [4.69, 9.17) is 4.74 Å². The molecule has 2 rings (SSSR count). The van der Waals surface area contributed by atoms with Crippen LogP contribution in [0.4, 0.5) is 4.39 Å². The van der Waals surface area contributed by atoms with Crippen LogP contribution in [0.25, 0.3) is 0 Å². The van der Waals surface area contributed by atoms with Crippen LogP contribution >= 0.6 is 0 Å². The van der Waals surface area contributed by atoms with Gasteiger partial charge in [0.05, 0.1) is 0 Å². The van der Waals surface area contributed by atoms with Crippen LogP contribution in [0.2, 0.25) is 0 Å². The maximum absolute atomic E-state index is 13.1. The highest BCUT2D eigenvalue weighted by Gasteiger charge is 2.15. The summed E-state index contributed by atoms with van der Waals surface area (Å²) in [5.41, 5.74) is 1.61. The number of esters is 1. The molecule has 5 nitrogen and oxygen atoms in total. The van der Waals surface area contributed by atoms with Gasteiger partial charge in [-0.3, -0.25) is 14.4 Å². The molecule has 0 atom stereocenters. The quantitative estimate of drug-likeness (QED) is 0.625. The zero-order chi connectivity index (χ0) is 20.0. The average molecular weight is 371 g/mol. The smallest absolute Gasteiger partial charge is 0.325 e. The third-order valence-corrected chi connectivity index (χ3v) is 3.92. The lowest BCUT2D eigenvalue weighted by atomic mass is 9.86. The molecule has 0 aliphatic carbocycles. The number of carbonyl (C=O) groups is 3. The number of rotatable bonds is 6. The van der Waals surface area contributed by atoms with E-state index in [0.29, 0.717) is 5.56 Å². The first-order valence-electron chi connectivity index (χ1n) is 8.50. The van der Waals surface area contributed by atoms with Crippen LogP contribution in [-0.4, -0.2) is 30.8 Å². The van der Waals surface area contributed by atoms with E-state index >= 15 is 0 Å². The summed E-state index contributed by atoms with van der Waals surface area (Å²) < 4.78 is 18.0. The van der Waals surface area contributed by atoms with E-state index in [1.165, 1.54) is 18.2 Å². The molecule has 0 spiro atoms. The first-order chi connectivity index (χ1) is 12.7. The summed E-state index contributed by atoms with van der Waals surface area (Å²) in [6, 6.07) is 12.2. The number of carbonyl (C=O) groups excluding carboxylic acids is 3. The fraction of sp³-hybridized carbons (Fsp3) is 0.286. The number of amides is 1. The Hall–Kier alpha value is -3.02. The van der Waals surface area contributed by atoms with Crippen molar-refractivity contribution in [3.05, 3.63) is 71.0 Å². The topological polar surface area (TPSA) is 72.5 Å². The molecule has 2 aromatic carbocycles. The molecule has 0 aliphatic rings. The molecule has 0 aromatic heterocycles. The predicted molar refractivity (Wildman–Crippen MR) is 99.2 cm³/mol. The lowest BCUT2D eigenvalue weighted by Crippen LogP contribution is -2.31. The van der Waals surface area contributed by atoms with Gasteiger partial charge >= 0.3 is 5.97 Å². The Morgan fingerprint density at radius 3 is 2.26 bits per heavy atom. The Morgan fingerprint density at radius 2 is 1.67 bits per heavy atom. The predicted octanol–water partition coefficient (Wildman–Crippen LogP) is 3.28. The van der Waals surface area contributed by atoms with Crippen molar-refractivity contribution in [3.8, 4) is 0 Å². The van der Waals surface area contributed by atoms with E-state index < -0.39 is 30.8 Å². The molecule has 6 heteroatoms. The lowest BCUT2D eigenvalue weighted by Gasteiger charge is -2.18. The van der Waals surface area contributed by atoms with Crippen LogP contribution in [0.1, 0.15) is 47.1 Å². The van der Waals surface area contributed by atoms with Gasteiger partial charge < -0.3 is 10.1 Å². The van der Waals surface area contributed by atoms with E-state index in [1.807, 2.05) is 12.1 Å². The molecular weight excluding hydrogens is 349 g/mol. The summed E-state index contributed by atoms with van der Waals surface area (Å²) in [6.07, 6.45) is 0. The average Bonchev–Trinajstić information content (AvgIpc) is 2.63. The molecule has 0 bridgehead atoms. The van der Waals surface area contributed by atoms with Gasteiger partial charge in [0.15, 0.2) is 12.4 Å². The Balaban J connectivity index is 1.81. The molecule has 27 heavy (non-hydrogen) atoms. The second-order valence-electron chi connectivity index (χ2n) is 7.10. The van der Waals surface area contributed by atoms with Gasteiger partial charge in [0.1, 0.15) is 12.4 Å². The third kappa shape index (κ3) is 6.02. The van der Waals surface area contributed by atoms with Crippen LogP contribution in [0.3, 0.4) is 0 Å². The maximum atomic E-state index is 13.1. The molecule has 0 heterocycles. The van der Waals surface area contributed by atoms with Crippen molar-refractivity contribution in [1.82, 2.24) is 5.32 Å². The molecule has 0 saturated heterocycles. The summed E-state index contributed by atoms with van der Waals surface area (Å²) >= 11 is 0. The first-order valence-corrected chi connectivity index (χ1v) is 8.50. The largest absolute Gasteiger partial charge is 0.456 e. The minimum absolute atomic E-state index is 0.0199. The number of halogens is 1. The molecule has 0 fully saturated rings. The van der Waals surface area contributed by atoms with Gasteiger partial charge in [0.2, 0.25) is 0 Å². The van der Waals surface area contributed by atoms with Crippen molar-refractivity contribution in [3.63, 3.8) is 0 Å². The monoisotopic (exact) mass is 371 g/mol. The molecule has 1 N–H and O–H groups in total. The molecule has 0 radical (unpaired) electrons. The minimum Gasteiger partial charge on any atom is -0.456 e. The van der Waals surface area contributed by atoms with Crippen LogP contribution in [0, 0.1) is 5.82 Å². The van der Waals surface area contributed by atoms with Crippen molar-refractivity contribution in [2.45, 2.75) is 26.2 Å². The summed E-state index contributed by atoms with van der Waals surface area (Å²) in [4.78, 5) is 35.6. The highest BCUT2D eigenvalue weighted by Crippen LogP contribution is 2.22. The summed E-state index contributed by atoms with van der Waals surface area (Å²) in [5.74, 6) is -2.23. The van der Waals surface area contributed by atoms with Crippen LogP contribution in [0.5, 0.6) is 0 Å². The summed E-state index contributed by atoms with van der Waals surface area (Å²) in [6.45, 7) is 5.40. The number of ether oxygens (including phenoxy) is 1. The van der Waals surface area contributed by atoms with Gasteiger partial charge in [-0.1, -0.05) is 51.1 Å². The Kier molecular flexibility index (Phi) is 6.45. The molecule has 0 unspecified atom stereocenters. The Labute approximate surface area is 157 Å². The molecule has 1 amide bonds. The van der Waals surface area contributed by atoms with E-state index in [2.05, 4.69) is 26.1 Å². The van der Waals surface area contributed by atoms with Crippen LogP contribution < -0.4 is 5.32 Å². The van der Waals surface area contributed by atoms with Crippen LogP contribution in [-0.2, 0) is 14.9 Å². The van der Waals surface area contributed by atoms with Crippen LogP contribution in [0.15, 0.2) is 48.5 Å². The van der Waals surface area contributed by atoms with Gasteiger partial charge in [0.25, 0.3) is 5.91 Å². The highest BCUT2D eigenvalue weighted by molar-refractivity contribution is 5.98. The van der Waals surface area contributed by atoms with Crippen molar-refractivity contribution in [2.24, 2.45) is 0 Å². The van der Waals surface area contributed by atoms with E-state index in [-0.39, 0.29) is 16.8 Å². The second-order valence-corrected chi connectivity index (χ2v) is 7.10. The minimum atomic E-state index is -0.751. The fourth-order valence-electron chi connectivity index (χ4n) is 2.32. The van der Waals surface area contributed by atoms with Gasteiger partial charge in [-0.15, -0.1) is 0 Å². The second kappa shape index (κ2) is 8.58. The van der Waals surface area contributed by atoms with Crippen molar-refractivity contribution >= 4 is 17.7 Å². The van der Waals surface area contributed by atoms with Gasteiger partial charge in [0, 0.05) is 11.1 Å². The summed E-state index contributed by atoms with van der Waals surface area (Å²) in [5, 5.41) is 2.32. The number of benzene rings is 2. The zero-order valence-corrected chi connectivity index (χ0v) is 15.5. The highest BCUT2D eigenvalue weighted by atomic mass is 19.1. The zero-order valence-electron chi connectivity index (χ0n) is 15.5. The number of ketones is 1. The standard InChI is InChI=1S/C21H22FNO4/c1-21(2,3)16-9-7-14(8-10-16)18(24)13-27-19(25)12-23-20(26)15-5-4-6-17(22)11-15/h4-11H,12-13H2,1-3H3,(H,23,26). The molecule has 0 aliphatic heterocycles. The third-order valence-electron chi connectivity index (χ3n) is 3.92. The molecule has 142 valence electrons. The SMILES string of the molecule is CC(C)(C)c1ccc(C(=O)COC(=O)CNC(=O)c2cccc(F)c2)cc1. The first kappa shape index (κ1) is 20.3. The Bertz CT molecular complexity index is 838. The molecule has 2 aromatic rings. The number of nitrogens with one attached hydrogen (secondary N) is 1. The molecular formula is C21H22FNO4.